The first-order valence-corrected chi connectivity index (χ1v) is 8.73. The van der Waals surface area contributed by atoms with E-state index in [1.54, 1.807) is 19.2 Å². The van der Waals surface area contributed by atoms with Crippen LogP contribution in [-0.2, 0) is 4.74 Å². The number of para-hydroxylation sites is 2. The molecule has 0 spiro atoms. The van der Waals surface area contributed by atoms with Crippen LogP contribution in [0.2, 0.25) is 0 Å². The van der Waals surface area contributed by atoms with Crippen LogP contribution < -0.4 is 15.4 Å². The zero-order valence-corrected chi connectivity index (χ0v) is 15.2. The minimum Gasteiger partial charge on any atom is -0.495 e. The summed E-state index contributed by atoms with van der Waals surface area (Å²) in [6, 6.07) is 10.9. The van der Waals surface area contributed by atoms with Gasteiger partial charge in [-0.05, 0) is 31.2 Å². The van der Waals surface area contributed by atoms with Gasteiger partial charge in [-0.2, -0.15) is 0 Å². The molecule has 1 aliphatic heterocycles. The van der Waals surface area contributed by atoms with Crippen molar-refractivity contribution in [2.24, 2.45) is 0 Å². The van der Waals surface area contributed by atoms with E-state index in [2.05, 4.69) is 15.5 Å². The number of ether oxygens (including phenoxy) is 2. The Balaban J connectivity index is 1.64. The van der Waals surface area contributed by atoms with Gasteiger partial charge in [0.1, 0.15) is 17.3 Å². The molecule has 2 N–H and O–H groups in total. The number of methoxy groups -OCH3 is 1. The Morgan fingerprint density at radius 2 is 2.00 bits per heavy atom. The molecule has 0 radical (unpaired) electrons. The zero-order chi connectivity index (χ0) is 18.4. The smallest absolute Gasteiger partial charge is 0.319 e. The fourth-order valence-corrected chi connectivity index (χ4v) is 3.04. The molecule has 1 atom stereocenters. The first kappa shape index (κ1) is 18.3. The van der Waals surface area contributed by atoms with Crippen molar-refractivity contribution in [2.75, 3.05) is 45.3 Å². The van der Waals surface area contributed by atoms with Crippen molar-refractivity contribution in [3.05, 3.63) is 47.9 Å². The van der Waals surface area contributed by atoms with E-state index in [-0.39, 0.29) is 12.1 Å². The summed E-state index contributed by atoms with van der Waals surface area (Å²) in [6.07, 6.45) is 0. The number of urea groups is 1. The summed E-state index contributed by atoms with van der Waals surface area (Å²) in [4.78, 5) is 14.6. The molecule has 3 rings (SSSR count). The molecule has 2 aromatic rings. The number of benzene rings is 1. The molecule has 26 heavy (non-hydrogen) atoms. The van der Waals surface area contributed by atoms with Gasteiger partial charge in [0.2, 0.25) is 0 Å². The largest absolute Gasteiger partial charge is 0.495 e. The molecule has 0 saturated carbocycles. The van der Waals surface area contributed by atoms with E-state index in [1.165, 1.54) is 0 Å². The summed E-state index contributed by atoms with van der Waals surface area (Å²) >= 11 is 0. The first-order chi connectivity index (χ1) is 12.7. The van der Waals surface area contributed by atoms with Crippen LogP contribution in [0.25, 0.3) is 0 Å². The van der Waals surface area contributed by atoms with E-state index in [1.807, 2.05) is 31.2 Å². The van der Waals surface area contributed by atoms with Gasteiger partial charge in [0.25, 0.3) is 0 Å². The minimum atomic E-state index is -0.281. The van der Waals surface area contributed by atoms with Crippen LogP contribution >= 0.6 is 0 Å². The molecule has 140 valence electrons. The van der Waals surface area contributed by atoms with Gasteiger partial charge in [-0.15, -0.1) is 0 Å². The summed E-state index contributed by atoms with van der Waals surface area (Å²) in [5, 5.41) is 5.77. The zero-order valence-electron chi connectivity index (χ0n) is 15.2. The highest BCUT2D eigenvalue weighted by Crippen LogP contribution is 2.24. The maximum Gasteiger partial charge on any atom is 0.319 e. The lowest BCUT2D eigenvalue weighted by atomic mass is 10.1. The topological polar surface area (TPSA) is 76.0 Å². The molecule has 1 aromatic carbocycles. The average Bonchev–Trinajstić information content (AvgIpc) is 3.09. The molecule has 2 heterocycles. The van der Waals surface area contributed by atoms with Gasteiger partial charge in [-0.3, -0.25) is 4.90 Å². The molecule has 1 fully saturated rings. The highest BCUT2D eigenvalue weighted by molar-refractivity contribution is 5.90. The second-order valence-corrected chi connectivity index (χ2v) is 6.15. The Labute approximate surface area is 153 Å². The van der Waals surface area contributed by atoms with Gasteiger partial charge in [0.05, 0.1) is 32.1 Å². The number of carbonyl (C=O) groups excluding carboxylic acids is 1. The van der Waals surface area contributed by atoms with Crippen LogP contribution in [-0.4, -0.2) is 50.9 Å². The number of furan rings is 1. The number of rotatable bonds is 6. The van der Waals surface area contributed by atoms with Gasteiger partial charge in [-0.25, -0.2) is 4.79 Å². The van der Waals surface area contributed by atoms with Crippen LogP contribution in [0.1, 0.15) is 17.6 Å². The van der Waals surface area contributed by atoms with E-state index in [0.717, 1.165) is 24.6 Å². The molecule has 1 aromatic heterocycles. The maximum atomic E-state index is 12.4. The molecule has 7 heteroatoms. The fourth-order valence-electron chi connectivity index (χ4n) is 3.04. The van der Waals surface area contributed by atoms with Crippen molar-refractivity contribution in [3.8, 4) is 5.75 Å². The van der Waals surface area contributed by atoms with E-state index in [4.69, 9.17) is 13.9 Å². The van der Waals surface area contributed by atoms with Crippen LogP contribution in [0.15, 0.2) is 40.8 Å². The van der Waals surface area contributed by atoms with Crippen molar-refractivity contribution < 1.29 is 18.7 Å². The SMILES string of the molecule is COc1ccccc1NC(=O)NCC(c1ccc(C)o1)N1CCOCC1. The third kappa shape index (κ3) is 4.56. The van der Waals surface area contributed by atoms with Gasteiger partial charge in [-0.1, -0.05) is 12.1 Å². The number of amides is 2. The molecule has 0 aliphatic carbocycles. The number of hydrogen-bond donors (Lipinski definition) is 2. The summed E-state index contributed by atoms with van der Waals surface area (Å²) in [5.41, 5.74) is 0.629. The predicted molar refractivity (Wildman–Crippen MR) is 98.6 cm³/mol. The molecular weight excluding hydrogens is 334 g/mol. The lowest BCUT2D eigenvalue weighted by Crippen LogP contribution is -2.44. The second-order valence-electron chi connectivity index (χ2n) is 6.15. The summed E-state index contributed by atoms with van der Waals surface area (Å²) < 4.78 is 16.5. The molecule has 7 nitrogen and oxygen atoms in total. The van der Waals surface area contributed by atoms with Gasteiger partial charge >= 0.3 is 6.03 Å². The van der Waals surface area contributed by atoms with Gasteiger partial charge in [0, 0.05) is 19.6 Å². The van der Waals surface area contributed by atoms with Crippen LogP contribution in [0.3, 0.4) is 0 Å². The monoisotopic (exact) mass is 359 g/mol. The Morgan fingerprint density at radius 1 is 1.23 bits per heavy atom. The summed E-state index contributed by atoms with van der Waals surface area (Å²) in [6.45, 7) is 5.34. The number of anilines is 1. The first-order valence-electron chi connectivity index (χ1n) is 8.73. The van der Waals surface area contributed by atoms with Crippen molar-refractivity contribution in [2.45, 2.75) is 13.0 Å². The van der Waals surface area contributed by atoms with Crippen LogP contribution in [0.5, 0.6) is 5.75 Å². The number of hydrogen-bond acceptors (Lipinski definition) is 5. The molecule has 1 saturated heterocycles. The van der Waals surface area contributed by atoms with Crippen molar-refractivity contribution in [1.82, 2.24) is 10.2 Å². The molecular formula is C19H25N3O4. The normalized spacial score (nSPS) is 16.1. The minimum absolute atomic E-state index is 0.0315. The number of carbonyl (C=O) groups is 1. The van der Waals surface area contributed by atoms with Crippen LogP contribution in [0.4, 0.5) is 10.5 Å². The van der Waals surface area contributed by atoms with Crippen LogP contribution in [0, 0.1) is 6.92 Å². The Morgan fingerprint density at radius 3 is 2.69 bits per heavy atom. The maximum absolute atomic E-state index is 12.4. The molecule has 2 amide bonds. The van der Waals surface area contributed by atoms with Crippen molar-refractivity contribution in [1.29, 1.82) is 0 Å². The lowest BCUT2D eigenvalue weighted by molar-refractivity contribution is 0.0122. The highest BCUT2D eigenvalue weighted by atomic mass is 16.5. The Hall–Kier alpha value is -2.51. The van der Waals surface area contributed by atoms with E-state index < -0.39 is 0 Å². The van der Waals surface area contributed by atoms with E-state index in [0.29, 0.717) is 31.2 Å². The number of nitrogens with zero attached hydrogens (tertiary/aromatic N) is 1. The van der Waals surface area contributed by atoms with Crippen molar-refractivity contribution >= 4 is 11.7 Å². The number of aryl methyl sites for hydroxylation is 1. The second kappa shape index (κ2) is 8.73. The molecule has 1 aliphatic rings. The lowest BCUT2D eigenvalue weighted by Gasteiger charge is -2.33. The quantitative estimate of drug-likeness (QED) is 0.829. The molecule has 1 unspecified atom stereocenters. The van der Waals surface area contributed by atoms with Crippen molar-refractivity contribution in [3.63, 3.8) is 0 Å². The number of morpholine rings is 1. The third-order valence-corrected chi connectivity index (χ3v) is 4.39. The predicted octanol–water partition coefficient (Wildman–Crippen LogP) is 2.79. The highest BCUT2D eigenvalue weighted by Gasteiger charge is 2.25. The Kier molecular flexibility index (Phi) is 6.14. The third-order valence-electron chi connectivity index (χ3n) is 4.39. The summed E-state index contributed by atoms with van der Waals surface area (Å²) in [5.74, 6) is 2.33. The summed E-state index contributed by atoms with van der Waals surface area (Å²) in [7, 11) is 1.58. The molecule has 0 bridgehead atoms. The average molecular weight is 359 g/mol. The van der Waals surface area contributed by atoms with E-state index in [9.17, 15) is 4.79 Å². The number of nitrogens with one attached hydrogen (secondary N) is 2. The van der Waals surface area contributed by atoms with Gasteiger partial charge in [0.15, 0.2) is 0 Å². The van der Waals surface area contributed by atoms with E-state index >= 15 is 0 Å². The Bertz CT molecular complexity index is 725. The standard InChI is InChI=1S/C19H25N3O4/c1-14-7-8-18(26-14)16(22-9-11-25-12-10-22)13-20-19(23)21-15-5-3-4-6-17(15)24-2/h3-8,16H,9-13H2,1-2H3,(H2,20,21,23). The van der Waals surface area contributed by atoms with Gasteiger partial charge < -0.3 is 24.5 Å². The fraction of sp³-hybridized carbons (Fsp3) is 0.421.